The molecule has 2 heterocycles. The molecule has 7 nitrogen and oxygen atoms in total. The molecule has 1 atom stereocenters. The molecule has 2 aromatic rings. The number of ether oxygens (including phenoxy) is 1. The summed E-state index contributed by atoms with van der Waals surface area (Å²) in [5, 5.41) is 5.82. The van der Waals surface area contributed by atoms with Crippen LogP contribution in [0.15, 0.2) is 36.7 Å². The summed E-state index contributed by atoms with van der Waals surface area (Å²) in [4.78, 5) is 30.5. The Morgan fingerprint density at radius 3 is 2.96 bits per heavy atom. The second-order valence-electron chi connectivity index (χ2n) is 6.26. The van der Waals surface area contributed by atoms with Crippen LogP contribution < -0.4 is 20.3 Å². The van der Waals surface area contributed by atoms with Crippen molar-refractivity contribution in [2.45, 2.75) is 19.4 Å². The standard InChI is InChI=1S/C19H22N4O3/c1-12(14-6-8-20-11-17(14)26-3)21-19(25)13-4-5-16-15(10-13)22-18(24)7-9-23(16)2/h4-6,8,10-12H,7,9H2,1-3H3,(H,21,25)(H,22,24). The molecule has 0 bridgehead atoms. The van der Waals surface area contributed by atoms with Crippen molar-refractivity contribution in [2.24, 2.45) is 0 Å². The first-order valence-corrected chi connectivity index (χ1v) is 8.43. The van der Waals surface area contributed by atoms with Crippen molar-refractivity contribution >= 4 is 23.2 Å². The Hall–Kier alpha value is -3.09. The summed E-state index contributed by atoms with van der Waals surface area (Å²) in [6.07, 6.45) is 3.70. The first kappa shape index (κ1) is 17.7. The van der Waals surface area contributed by atoms with Crippen LogP contribution in [0.25, 0.3) is 0 Å². The molecule has 0 saturated heterocycles. The molecule has 1 aliphatic rings. The Labute approximate surface area is 152 Å². The largest absolute Gasteiger partial charge is 0.495 e. The second-order valence-corrected chi connectivity index (χ2v) is 6.26. The molecule has 2 N–H and O–H groups in total. The maximum Gasteiger partial charge on any atom is 0.251 e. The molecule has 7 heteroatoms. The Morgan fingerprint density at radius 1 is 1.38 bits per heavy atom. The van der Waals surface area contributed by atoms with Gasteiger partial charge in [-0.3, -0.25) is 14.6 Å². The van der Waals surface area contributed by atoms with Crippen LogP contribution in [0.3, 0.4) is 0 Å². The number of anilines is 2. The minimum absolute atomic E-state index is 0.0527. The number of amides is 2. The molecule has 2 amide bonds. The maximum atomic E-state index is 12.7. The molecule has 0 saturated carbocycles. The predicted octanol–water partition coefficient (Wildman–Crippen LogP) is 2.36. The predicted molar refractivity (Wildman–Crippen MR) is 99.6 cm³/mol. The summed E-state index contributed by atoms with van der Waals surface area (Å²) < 4.78 is 5.30. The summed E-state index contributed by atoms with van der Waals surface area (Å²) in [5.41, 5.74) is 2.88. The number of carbonyl (C=O) groups is 2. The lowest BCUT2D eigenvalue weighted by molar-refractivity contribution is -0.115. The molecule has 1 aromatic heterocycles. The Morgan fingerprint density at radius 2 is 2.19 bits per heavy atom. The van der Waals surface area contributed by atoms with E-state index in [1.54, 1.807) is 31.6 Å². The lowest BCUT2D eigenvalue weighted by Gasteiger charge is -2.20. The summed E-state index contributed by atoms with van der Waals surface area (Å²) >= 11 is 0. The number of nitrogens with zero attached hydrogens (tertiary/aromatic N) is 2. The van der Waals surface area contributed by atoms with Gasteiger partial charge >= 0.3 is 0 Å². The monoisotopic (exact) mass is 354 g/mol. The van der Waals surface area contributed by atoms with E-state index in [1.165, 1.54) is 0 Å². The molecule has 3 rings (SSSR count). The Balaban J connectivity index is 1.81. The molecule has 1 aliphatic heterocycles. The lowest BCUT2D eigenvalue weighted by Crippen LogP contribution is -2.27. The van der Waals surface area contributed by atoms with Gasteiger partial charge in [-0.1, -0.05) is 0 Å². The summed E-state index contributed by atoms with van der Waals surface area (Å²) in [6, 6.07) is 6.89. The van der Waals surface area contributed by atoms with Crippen LogP contribution in [0.2, 0.25) is 0 Å². The maximum absolute atomic E-state index is 12.7. The molecule has 0 aliphatic carbocycles. The number of methoxy groups -OCH3 is 1. The van der Waals surface area contributed by atoms with Crippen LogP contribution in [0.1, 0.15) is 35.3 Å². The van der Waals surface area contributed by atoms with E-state index in [-0.39, 0.29) is 17.9 Å². The molecule has 1 aromatic carbocycles. The van der Waals surface area contributed by atoms with E-state index < -0.39 is 0 Å². The summed E-state index contributed by atoms with van der Waals surface area (Å²) in [5.74, 6) is 0.347. The van der Waals surface area contributed by atoms with Gasteiger partial charge in [0.1, 0.15) is 5.75 Å². The van der Waals surface area contributed by atoms with Gasteiger partial charge in [0.2, 0.25) is 5.91 Å². The zero-order chi connectivity index (χ0) is 18.7. The molecule has 0 fully saturated rings. The zero-order valence-electron chi connectivity index (χ0n) is 15.1. The second kappa shape index (κ2) is 7.43. The quantitative estimate of drug-likeness (QED) is 0.881. The highest BCUT2D eigenvalue weighted by Gasteiger charge is 2.20. The first-order chi connectivity index (χ1) is 12.5. The van der Waals surface area contributed by atoms with Crippen molar-refractivity contribution < 1.29 is 14.3 Å². The van der Waals surface area contributed by atoms with E-state index in [0.29, 0.717) is 30.0 Å². The van der Waals surface area contributed by atoms with Crippen molar-refractivity contribution in [3.63, 3.8) is 0 Å². The average Bonchev–Trinajstić information content (AvgIpc) is 2.79. The smallest absolute Gasteiger partial charge is 0.251 e. The first-order valence-electron chi connectivity index (χ1n) is 8.43. The molecule has 1 unspecified atom stereocenters. The molecule has 26 heavy (non-hydrogen) atoms. The van der Waals surface area contributed by atoms with Gasteiger partial charge < -0.3 is 20.3 Å². The molecule has 136 valence electrons. The van der Waals surface area contributed by atoms with E-state index in [2.05, 4.69) is 15.6 Å². The number of hydrogen-bond acceptors (Lipinski definition) is 5. The van der Waals surface area contributed by atoms with Crippen molar-refractivity contribution in [1.82, 2.24) is 10.3 Å². The molecule has 0 spiro atoms. The van der Waals surface area contributed by atoms with Crippen LogP contribution in [-0.2, 0) is 4.79 Å². The van der Waals surface area contributed by atoms with Gasteiger partial charge in [-0.05, 0) is 31.2 Å². The third-order valence-electron chi connectivity index (χ3n) is 4.47. The number of pyridine rings is 1. The number of hydrogen-bond donors (Lipinski definition) is 2. The van der Waals surface area contributed by atoms with Crippen LogP contribution in [-0.4, -0.2) is 37.5 Å². The van der Waals surface area contributed by atoms with Gasteiger partial charge in [-0.15, -0.1) is 0 Å². The summed E-state index contributed by atoms with van der Waals surface area (Å²) in [7, 11) is 3.50. The van der Waals surface area contributed by atoms with Gasteiger partial charge in [0.05, 0.1) is 30.7 Å². The van der Waals surface area contributed by atoms with Gasteiger partial charge in [0.15, 0.2) is 0 Å². The van der Waals surface area contributed by atoms with Crippen molar-refractivity contribution in [3.05, 3.63) is 47.8 Å². The number of aromatic nitrogens is 1. The van der Waals surface area contributed by atoms with Crippen LogP contribution >= 0.6 is 0 Å². The Bertz CT molecular complexity index is 837. The fourth-order valence-electron chi connectivity index (χ4n) is 2.99. The van der Waals surface area contributed by atoms with E-state index in [1.807, 2.05) is 31.0 Å². The fourth-order valence-corrected chi connectivity index (χ4v) is 2.99. The number of carbonyl (C=O) groups excluding carboxylic acids is 2. The zero-order valence-corrected chi connectivity index (χ0v) is 15.1. The van der Waals surface area contributed by atoms with Crippen LogP contribution in [0, 0.1) is 0 Å². The fraction of sp³-hybridized carbons (Fsp3) is 0.316. The van der Waals surface area contributed by atoms with E-state index in [4.69, 9.17) is 4.74 Å². The van der Waals surface area contributed by atoms with Gasteiger partial charge in [0, 0.05) is 37.3 Å². The normalized spacial score (nSPS) is 14.7. The van der Waals surface area contributed by atoms with E-state index in [0.717, 1.165) is 11.3 Å². The summed E-state index contributed by atoms with van der Waals surface area (Å²) in [6.45, 7) is 2.53. The number of fused-ring (bicyclic) bond motifs is 1. The van der Waals surface area contributed by atoms with Crippen molar-refractivity contribution in [3.8, 4) is 5.75 Å². The van der Waals surface area contributed by atoms with Crippen LogP contribution in [0.4, 0.5) is 11.4 Å². The third kappa shape index (κ3) is 3.61. The highest BCUT2D eigenvalue weighted by atomic mass is 16.5. The SMILES string of the molecule is COc1cnccc1C(C)NC(=O)c1ccc2c(c1)NC(=O)CCN2C. The minimum atomic E-state index is -0.253. The highest BCUT2D eigenvalue weighted by Crippen LogP contribution is 2.29. The highest BCUT2D eigenvalue weighted by molar-refractivity contribution is 6.01. The van der Waals surface area contributed by atoms with Gasteiger partial charge in [-0.25, -0.2) is 0 Å². The van der Waals surface area contributed by atoms with Crippen molar-refractivity contribution in [1.29, 1.82) is 0 Å². The van der Waals surface area contributed by atoms with Crippen LogP contribution in [0.5, 0.6) is 5.75 Å². The Kier molecular flexibility index (Phi) is 5.06. The van der Waals surface area contributed by atoms with Crippen molar-refractivity contribution in [2.75, 3.05) is 30.9 Å². The number of rotatable bonds is 4. The lowest BCUT2D eigenvalue weighted by atomic mass is 10.1. The molecule has 0 radical (unpaired) electrons. The number of nitrogens with one attached hydrogen (secondary N) is 2. The van der Waals surface area contributed by atoms with Gasteiger partial charge in [0.25, 0.3) is 5.91 Å². The average molecular weight is 354 g/mol. The number of benzene rings is 1. The molecular formula is C19H22N4O3. The van der Waals surface area contributed by atoms with E-state index >= 15 is 0 Å². The minimum Gasteiger partial charge on any atom is -0.495 e. The van der Waals surface area contributed by atoms with E-state index in [9.17, 15) is 9.59 Å². The molecular weight excluding hydrogens is 332 g/mol. The topological polar surface area (TPSA) is 83.6 Å². The van der Waals surface area contributed by atoms with Gasteiger partial charge in [-0.2, -0.15) is 0 Å². The third-order valence-corrected chi connectivity index (χ3v) is 4.47.